The van der Waals surface area contributed by atoms with Gasteiger partial charge < -0.3 is 21.1 Å². The maximum absolute atomic E-state index is 12.1. The van der Waals surface area contributed by atoms with Crippen molar-refractivity contribution in [2.75, 3.05) is 25.6 Å². The average molecular weight is 263 g/mol. The third-order valence-corrected chi connectivity index (χ3v) is 3.12. The van der Waals surface area contributed by atoms with Crippen LogP contribution in [-0.4, -0.2) is 38.1 Å². The molecule has 1 fully saturated rings. The lowest BCUT2D eigenvalue weighted by atomic mass is 10.0. The smallest absolute Gasteiger partial charge is 0.253 e. The quantitative estimate of drug-likeness (QED) is 0.713. The third kappa shape index (κ3) is 2.91. The highest BCUT2D eigenvalue weighted by atomic mass is 16.5. The summed E-state index contributed by atoms with van der Waals surface area (Å²) >= 11 is 0. The number of hydrogen-bond donors (Lipinski definition) is 3. The molecule has 1 heterocycles. The number of benzene rings is 1. The standard InChI is InChI=1S/C13H17N3O3/c1-15-12(17)8-4-2-3-5-11(8)16-13(18)9-6-19-7-10(9)14/h2-5,9-10H,6-7,14H2,1H3,(H,15,17)(H,16,18). The molecule has 6 heteroatoms. The molecule has 0 aliphatic carbocycles. The second-order valence-corrected chi connectivity index (χ2v) is 4.42. The van der Waals surface area contributed by atoms with Crippen molar-refractivity contribution in [3.05, 3.63) is 29.8 Å². The summed E-state index contributed by atoms with van der Waals surface area (Å²) in [7, 11) is 1.54. The SMILES string of the molecule is CNC(=O)c1ccccc1NC(=O)C1COCC1N. The largest absolute Gasteiger partial charge is 0.379 e. The second-order valence-electron chi connectivity index (χ2n) is 4.42. The summed E-state index contributed by atoms with van der Waals surface area (Å²) in [6.07, 6.45) is 0. The van der Waals surface area contributed by atoms with Crippen LogP contribution in [-0.2, 0) is 9.53 Å². The first kappa shape index (κ1) is 13.5. The van der Waals surface area contributed by atoms with Gasteiger partial charge in [0.05, 0.1) is 30.4 Å². The molecule has 2 unspecified atom stereocenters. The number of amides is 2. The first-order chi connectivity index (χ1) is 9.13. The van der Waals surface area contributed by atoms with Crippen molar-refractivity contribution in [3.8, 4) is 0 Å². The summed E-state index contributed by atoms with van der Waals surface area (Å²) in [6, 6.07) is 6.54. The fourth-order valence-corrected chi connectivity index (χ4v) is 1.99. The zero-order chi connectivity index (χ0) is 13.8. The van der Waals surface area contributed by atoms with Crippen LogP contribution in [0.3, 0.4) is 0 Å². The van der Waals surface area contributed by atoms with Crippen molar-refractivity contribution in [3.63, 3.8) is 0 Å². The molecule has 0 bridgehead atoms. The molecule has 2 amide bonds. The molecule has 0 spiro atoms. The monoisotopic (exact) mass is 263 g/mol. The normalized spacial score (nSPS) is 22.0. The summed E-state index contributed by atoms with van der Waals surface area (Å²) in [6.45, 7) is 0.699. The van der Waals surface area contributed by atoms with Crippen LogP contribution in [0.4, 0.5) is 5.69 Å². The minimum absolute atomic E-state index is 0.221. The van der Waals surface area contributed by atoms with E-state index in [1.165, 1.54) is 0 Å². The molecule has 2 rings (SSSR count). The summed E-state index contributed by atoms with van der Waals surface area (Å²) in [5.41, 5.74) is 6.69. The van der Waals surface area contributed by atoms with Gasteiger partial charge in [-0.15, -0.1) is 0 Å². The fourth-order valence-electron chi connectivity index (χ4n) is 1.99. The van der Waals surface area contributed by atoms with Crippen LogP contribution in [0, 0.1) is 5.92 Å². The van der Waals surface area contributed by atoms with Gasteiger partial charge in [0.15, 0.2) is 0 Å². The number of para-hydroxylation sites is 1. The van der Waals surface area contributed by atoms with E-state index >= 15 is 0 Å². The van der Waals surface area contributed by atoms with Crippen molar-refractivity contribution in [1.82, 2.24) is 5.32 Å². The molecule has 1 aromatic rings. The van der Waals surface area contributed by atoms with Crippen LogP contribution < -0.4 is 16.4 Å². The molecule has 1 aromatic carbocycles. The van der Waals surface area contributed by atoms with E-state index in [0.29, 0.717) is 24.5 Å². The number of rotatable bonds is 3. The van der Waals surface area contributed by atoms with Gasteiger partial charge in [-0.05, 0) is 12.1 Å². The second kappa shape index (κ2) is 5.81. The molecule has 6 nitrogen and oxygen atoms in total. The summed E-state index contributed by atoms with van der Waals surface area (Å²) < 4.78 is 5.16. The van der Waals surface area contributed by atoms with Crippen LogP contribution >= 0.6 is 0 Å². The number of ether oxygens (including phenoxy) is 1. The van der Waals surface area contributed by atoms with Crippen LogP contribution in [0.1, 0.15) is 10.4 Å². The molecule has 0 radical (unpaired) electrons. The first-order valence-corrected chi connectivity index (χ1v) is 6.08. The van der Waals surface area contributed by atoms with Crippen molar-refractivity contribution >= 4 is 17.5 Å². The highest BCUT2D eigenvalue weighted by molar-refractivity contribution is 6.04. The molecule has 4 N–H and O–H groups in total. The lowest BCUT2D eigenvalue weighted by Crippen LogP contribution is -2.37. The summed E-state index contributed by atoms with van der Waals surface area (Å²) in [4.78, 5) is 23.8. The van der Waals surface area contributed by atoms with Crippen LogP contribution in [0.15, 0.2) is 24.3 Å². The van der Waals surface area contributed by atoms with Crippen LogP contribution in [0.25, 0.3) is 0 Å². The molecule has 1 saturated heterocycles. The van der Waals surface area contributed by atoms with E-state index in [-0.39, 0.29) is 23.8 Å². The molecule has 2 atom stereocenters. The van der Waals surface area contributed by atoms with Gasteiger partial charge in [0.2, 0.25) is 5.91 Å². The zero-order valence-corrected chi connectivity index (χ0v) is 10.7. The van der Waals surface area contributed by atoms with Gasteiger partial charge in [-0.2, -0.15) is 0 Å². The third-order valence-electron chi connectivity index (χ3n) is 3.12. The van der Waals surface area contributed by atoms with E-state index < -0.39 is 0 Å². The maximum Gasteiger partial charge on any atom is 0.253 e. The Morgan fingerprint density at radius 2 is 2.05 bits per heavy atom. The predicted octanol–water partition coefficient (Wildman–Crippen LogP) is -0.0416. The summed E-state index contributed by atoms with van der Waals surface area (Å²) in [5.74, 6) is -0.845. The molecule has 1 aliphatic rings. The number of carbonyl (C=O) groups is 2. The maximum atomic E-state index is 12.1. The van der Waals surface area contributed by atoms with E-state index in [0.717, 1.165) is 0 Å². The Morgan fingerprint density at radius 1 is 1.32 bits per heavy atom. The van der Waals surface area contributed by atoms with Gasteiger partial charge in [-0.25, -0.2) is 0 Å². The van der Waals surface area contributed by atoms with Gasteiger partial charge >= 0.3 is 0 Å². The number of anilines is 1. The average Bonchev–Trinajstić information content (AvgIpc) is 2.85. The Labute approximate surface area is 111 Å². The zero-order valence-electron chi connectivity index (χ0n) is 10.7. The first-order valence-electron chi connectivity index (χ1n) is 6.08. The topological polar surface area (TPSA) is 93.5 Å². The van der Waals surface area contributed by atoms with Crippen molar-refractivity contribution in [1.29, 1.82) is 0 Å². The Kier molecular flexibility index (Phi) is 4.13. The lowest BCUT2D eigenvalue weighted by Gasteiger charge is -2.15. The van der Waals surface area contributed by atoms with Crippen LogP contribution in [0.2, 0.25) is 0 Å². The van der Waals surface area contributed by atoms with Gasteiger partial charge in [-0.1, -0.05) is 12.1 Å². The molecule has 102 valence electrons. The lowest BCUT2D eigenvalue weighted by molar-refractivity contribution is -0.120. The van der Waals surface area contributed by atoms with Gasteiger partial charge in [0, 0.05) is 13.1 Å². The highest BCUT2D eigenvalue weighted by Gasteiger charge is 2.31. The minimum atomic E-state index is -0.377. The number of nitrogens with two attached hydrogens (primary N) is 1. The Hall–Kier alpha value is -1.92. The van der Waals surface area contributed by atoms with Crippen LogP contribution in [0.5, 0.6) is 0 Å². The van der Waals surface area contributed by atoms with Crippen molar-refractivity contribution in [2.24, 2.45) is 11.7 Å². The molecule has 0 saturated carbocycles. The predicted molar refractivity (Wildman–Crippen MR) is 70.7 cm³/mol. The molecule has 1 aliphatic heterocycles. The Morgan fingerprint density at radius 3 is 2.68 bits per heavy atom. The van der Waals surface area contributed by atoms with Crippen molar-refractivity contribution in [2.45, 2.75) is 6.04 Å². The van der Waals surface area contributed by atoms with E-state index in [1.54, 1.807) is 31.3 Å². The highest BCUT2D eigenvalue weighted by Crippen LogP contribution is 2.18. The van der Waals surface area contributed by atoms with E-state index in [1.807, 2.05) is 0 Å². The molecular weight excluding hydrogens is 246 g/mol. The Bertz CT molecular complexity index is 490. The van der Waals surface area contributed by atoms with Gasteiger partial charge in [-0.3, -0.25) is 9.59 Å². The van der Waals surface area contributed by atoms with E-state index in [4.69, 9.17) is 10.5 Å². The fraction of sp³-hybridized carbons (Fsp3) is 0.385. The molecular formula is C13H17N3O3. The number of nitrogens with one attached hydrogen (secondary N) is 2. The molecule has 19 heavy (non-hydrogen) atoms. The Balaban J connectivity index is 2.14. The summed E-state index contributed by atoms with van der Waals surface area (Å²) in [5, 5.41) is 5.27. The van der Waals surface area contributed by atoms with E-state index in [9.17, 15) is 9.59 Å². The molecule has 0 aromatic heterocycles. The van der Waals surface area contributed by atoms with Gasteiger partial charge in [0.25, 0.3) is 5.91 Å². The number of hydrogen-bond acceptors (Lipinski definition) is 4. The van der Waals surface area contributed by atoms with Crippen molar-refractivity contribution < 1.29 is 14.3 Å². The minimum Gasteiger partial charge on any atom is -0.379 e. The van der Waals surface area contributed by atoms with Gasteiger partial charge in [0.1, 0.15) is 0 Å². The van der Waals surface area contributed by atoms with E-state index in [2.05, 4.69) is 10.6 Å². The number of carbonyl (C=O) groups excluding carboxylic acids is 2.